The number of phenolic OH excluding ortho intramolecular Hbond substituents is 1. The van der Waals surface area contributed by atoms with E-state index < -0.39 is 10.0 Å². The van der Waals surface area contributed by atoms with Crippen molar-refractivity contribution in [3.63, 3.8) is 0 Å². The molecule has 11 heteroatoms. The molecule has 3 aromatic rings. The predicted molar refractivity (Wildman–Crippen MR) is 140 cm³/mol. The number of rotatable bonds is 14. The number of H-pyrrole nitrogens is 1. The van der Waals surface area contributed by atoms with Gasteiger partial charge in [-0.1, -0.05) is 54.7 Å². The minimum Gasteiger partial charge on any atom is -0.506 e. The number of thiazole rings is 1. The van der Waals surface area contributed by atoms with E-state index in [-0.39, 0.29) is 41.2 Å². The molecule has 0 radical (unpaired) electrons. The van der Waals surface area contributed by atoms with Gasteiger partial charge in [-0.3, -0.25) is 4.79 Å². The van der Waals surface area contributed by atoms with E-state index >= 15 is 0 Å². The number of nitrogens with one attached hydrogen (secondary N) is 3. The number of aromatic nitrogens is 1. The van der Waals surface area contributed by atoms with Crippen LogP contribution >= 0.6 is 23.7 Å². The molecule has 34 heavy (non-hydrogen) atoms. The highest BCUT2D eigenvalue weighted by molar-refractivity contribution is 7.89. The normalized spacial score (nSPS) is 12.5. The summed E-state index contributed by atoms with van der Waals surface area (Å²) in [6.07, 6.45) is 1.16. The minimum absolute atomic E-state index is 0. The number of hydrogen-bond donors (Lipinski definition) is 4. The van der Waals surface area contributed by atoms with E-state index in [2.05, 4.69) is 34.1 Å². The van der Waals surface area contributed by atoms with Gasteiger partial charge in [0.2, 0.25) is 10.0 Å². The maximum atomic E-state index is 12.1. The molecule has 1 unspecified atom stereocenters. The molecule has 8 nitrogen and oxygen atoms in total. The van der Waals surface area contributed by atoms with Crippen molar-refractivity contribution in [2.75, 3.05) is 38.6 Å². The van der Waals surface area contributed by atoms with Gasteiger partial charge in [-0.25, -0.2) is 13.1 Å². The van der Waals surface area contributed by atoms with Crippen molar-refractivity contribution in [2.45, 2.75) is 25.7 Å². The molecule has 4 N–H and O–H groups in total. The van der Waals surface area contributed by atoms with E-state index in [0.29, 0.717) is 44.7 Å². The topological polar surface area (TPSA) is 121 Å². The number of sulfonamides is 1. The van der Waals surface area contributed by atoms with Crippen LogP contribution in [0.4, 0.5) is 0 Å². The summed E-state index contributed by atoms with van der Waals surface area (Å²) < 4.78 is 33.2. The average molecular weight is 530 g/mol. The van der Waals surface area contributed by atoms with Crippen molar-refractivity contribution in [3.8, 4) is 5.75 Å². The minimum atomic E-state index is -3.34. The van der Waals surface area contributed by atoms with Gasteiger partial charge in [0.1, 0.15) is 11.3 Å². The van der Waals surface area contributed by atoms with Crippen LogP contribution in [0, 0.1) is 0 Å². The lowest BCUT2D eigenvalue weighted by Gasteiger charge is -2.13. The third-order valence-electron chi connectivity index (χ3n) is 5.28. The van der Waals surface area contributed by atoms with Gasteiger partial charge in [0.15, 0.2) is 0 Å². The summed E-state index contributed by atoms with van der Waals surface area (Å²) in [5.41, 5.74) is 2.64. The summed E-state index contributed by atoms with van der Waals surface area (Å²) >= 11 is 1.08. The highest BCUT2D eigenvalue weighted by atomic mass is 35.5. The molecule has 0 aliphatic rings. The fourth-order valence-electron chi connectivity index (χ4n) is 3.48. The van der Waals surface area contributed by atoms with Gasteiger partial charge < -0.3 is 20.1 Å². The summed E-state index contributed by atoms with van der Waals surface area (Å²) in [6, 6.07) is 13.4. The van der Waals surface area contributed by atoms with Gasteiger partial charge in [0.05, 0.1) is 23.7 Å². The molecule has 0 spiro atoms. The summed E-state index contributed by atoms with van der Waals surface area (Å²) in [4.78, 5) is 14.0. The summed E-state index contributed by atoms with van der Waals surface area (Å²) in [5.74, 6) is 0.365. The molecular weight excluding hydrogens is 498 g/mol. The molecule has 0 aliphatic heterocycles. The summed E-state index contributed by atoms with van der Waals surface area (Å²) in [5, 5.41) is 13.1. The first kappa shape index (κ1) is 28.3. The zero-order valence-corrected chi connectivity index (χ0v) is 21.5. The fraction of sp³-hybridized carbons (Fsp3) is 0.435. The maximum Gasteiger partial charge on any atom is 0.305 e. The Labute approximate surface area is 210 Å². The van der Waals surface area contributed by atoms with Gasteiger partial charge in [-0.15, -0.1) is 12.4 Å². The quantitative estimate of drug-likeness (QED) is 0.238. The number of ether oxygens (including phenoxy) is 1. The van der Waals surface area contributed by atoms with Crippen LogP contribution in [0.5, 0.6) is 5.75 Å². The number of fused-ring (bicyclic) bond motifs is 1. The second-order valence-corrected chi connectivity index (χ2v) is 10.8. The molecular formula is C23H32ClN3O5S2. The molecule has 0 aliphatic carbocycles. The third kappa shape index (κ3) is 8.68. The van der Waals surface area contributed by atoms with Crippen LogP contribution in [-0.2, 0) is 21.2 Å². The standard InChI is InChI=1S/C23H31N3O5S2.ClH/c1-17(18-6-3-2-4-7-18)16-31-14-13-25-33(29,30)15-5-11-24-12-10-19-8-9-20(27)21-22(19)32-23(28)26-21;/h2-4,6-9,17,24-25,27H,5,10-16H2,1H3,(H,26,28);1H. The second kappa shape index (κ2) is 13.8. The molecule has 0 amide bonds. The SMILES string of the molecule is CC(COCCNS(=O)(=O)CCCNCCc1ccc(O)c2[nH]c(=O)sc12)c1ccccc1.Cl. The van der Waals surface area contributed by atoms with Gasteiger partial charge in [0.25, 0.3) is 0 Å². The lowest BCUT2D eigenvalue weighted by atomic mass is 10.0. The van der Waals surface area contributed by atoms with E-state index in [1.165, 1.54) is 5.56 Å². The molecule has 1 atom stereocenters. The van der Waals surface area contributed by atoms with Crippen molar-refractivity contribution in [3.05, 3.63) is 63.3 Å². The van der Waals surface area contributed by atoms with E-state index in [9.17, 15) is 18.3 Å². The number of aromatic hydroxyl groups is 1. The van der Waals surface area contributed by atoms with Crippen LogP contribution in [0.1, 0.15) is 30.4 Å². The lowest BCUT2D eigenvalue weighted by molar-refractivity contribution is 0.128. The number of halogens is 1. The van der Waals surface area contributed by atoms with E-state index in [0.717, 1.165) is 21.6 Å². The Morgan fingerprint density at radius 1 is 1.12 bits per heavy atom. The van der Waals surface area contributed by atoms with Crippen molar-refractivity contribution in [1.82, 2.24) is 15.0 Å². The highest BCUT2D eigenvalue weighted by Gasteiger charge is 2.11. The monoisotopic (exact) mass is 529 g/mol. The Morgan fingerprint density at radius 2 is 1.88 bits per heavy atom. The first-order valence-corrected chi connectivity index (χ1v) is 13.5. The van der Waals surface area contributed by atoms with Crippen LogP contribution in [0.3, 0.4) is 0 Å². The maximum absolute atomic E-state index is 12.1. The first-order valence-electron chi connectivity index (χ1n) is 11.0. The zero-order valence-electron chi connectivity index (χ0n) is 19.1. The number of phenols is 1. The van der Waals surface area contributed by atoms with Crippen molar-refractivity contribution >= 4 is 44.0 Å². The predicted octanol–water partition coefficient (Wildman–Crippen LogP) is 2.98. The summed E-state index contributed by atoms with van der Waals surface area (Å²) in [6.45, 7) is 4.43. The molecule has 0 saturated heterocycles. The Morgan fingerprint density at radius 3 is 2.65 bits per heavy atom. The Balaban J connectivity index is 0.00000408. The van der Waals surface area contributed by atoms with Crippen LogP contribution in [-0.4, -0.2) is 57.1 Å². The zero-order chi connectivity index (χ0) is 23.7. The van der Waals surface area contributed by atoms with Crippen molar-refractivity contribution in [1.29, 1.82) is 0 Å². The lowest BCUT2D eigenvalue weighted by Crippen LogP contribution is -2.31. The Hall–Kier alpha value is -1.95. The van der Waals surface area contributed by atoms with Crippen molar-refractivity contribution < 1.29 is 18.3 Å². The Kier molecular flexibility index (Phi) is 11.5. The number of benzene rings is 2. The molecule has 1 aromatic heterocycles. The van der Waals surface area contributed by atoms with Crippen LogP contribution < -0.4 is 14.9 Å². The largest absolute Gasteiger partial charge is 0.506 e. The van der Waals surface area contributed by atoms with Gasteiger partial charge >= 0.3 is 4.87 Å². The molecule has 3 rings (SSSR count). The number of hydrogen-bond acceptors (Lipinski definition) is 7. The van der Waals surface area contributed by atoms with Gasteiger partial charge in [-0.2, -0.15) is 0 Å². The molecule has 0 bridgehead atoms. The van der Waals surface area contributed by atoms with Gasteiger partial charge in [-0.05, 0) is 43.1 Å². The van der Waals surface area contributed by atoms with Crippen LogP contribution in [0.25, 0.3) is 10.2 Å². The molecule has 1 heterocycles. The van der Waals surface area contributed by atoms with Gasteiger partial charge in [0, 0.05) is 12.5 Å². The average Bonchev–Trinajstić information content (AvgIpc) is 3.20. The first-order chi connectivity index (χ1) is 15.9. The molecule has 188 valence electrons. The van der Waals surface area contributed by atoms with Crippen molar-refractivity contribution in [2.24, 2.45) is 0 Å². The molecule has 0 saturated carbocycles. The Bertz CT molecular complexity index is 1180. The summed E-state index contributed by atoms with van der Waals surface area (Å²) in [7, 11) is -3.34. The molecule has 0 fully saturated rings. The van der Waals surface area contributed by atoms with E-state index in [4.69, 9.17) is 4.74 Å². The van der Waals surface area contributed by atoms with E-state index in [1.807, 2.05) is 18.2 Å². The second-order valence-electron chi connectivity index (χ2n) is 7.92. The molecule has 2 aromatic carbocycles. The van der Waals surface area contributed by atoms with Crippen LogP contribution in [0.15, 0.2) is 47.3 Å². The number of aromatic amines is 1. The van der Waals surface area contributed by atoms with E-state index in [1.54, 1.807) is 12.1 Å². The smallest absolute Gasteiger partial charge is 0.305 e. The highest BCUT2D eigenvalue weighted by Crippen LogP contribution is 2.27. The fourth-order valence-corrected chi connectivity index (χ4v) is 5.45. The van der Waals surface area contributed by atoms with Crippen LogP contribution in [0.2, 0.25) is 0 Å². The third-order valence-corrected chi connectivity index (χ3v) is 7.71.